The maximum absolute atomic E-state index is 10.7. The summed E-state index contributed by atoms with van der Waals surface area (Å²) in [5.74, 6) is 0.993. The summed E-state index contributed by atoms with van der Waals surface area (Å²) in [7, 11) is 4.04. The summed E-state index contributed by atoms with van der Waals surface area (Å²) in [5, 5.41) is 10.7. The van der Waals surface area contributed by atoms with Gasteiger partial charge in [-0.2, -0.15) is 0 Å². The first-order valence-electron chi connectivity index (χ1n) is 10.1. The van der Waals surface area contributed by atoms with E-state index in [2.05, 4.69) is 32.9 Å². The summed E-state index contributed by atoms with van der Waals surface area (Å²) in [6.07, 6.45) is 4.85. The van der Waals surface area contributed by atoms with Gasteiger partial charge in [-0.05, 0) is 52.5 Å². The average molecular weight is 362 g/mol. The van der Waals surface area contributed by atoms with Crippen molar-refractivity contribution in [2.45, 2.75) is 37.8 Å². The molecule has 26 heavy (non-hydrogen) atoms. The second-order valence-corrected chi connectivity index (χ2v) is 8.28. The molecular weight excluding hydrogens is 326 g/mol. The number of para-hydroxylation sites is 1. The lowest BCUT2D eigenvalue weighted by atomic mass is 10.0. The predicted molar refractivity (Wildman–Crippen MR) is 106 cm³/mol. The predicted octanol–water partition coefficient (Wildman–Crippen LogP) is 2.05. The zero-order valence-corrected chi connectivity index (χ0v) is 16.5. The molecule has 0 radical (unpaired) electrons. The molecule has 1 unspecified atom stereocenters. The monoisotopic (exact) mass is 361 g/mol. The van der Waals surface area contributed by atoms with E-state index >= 15 is 0 Å². The molecule has 2 aliphatic heterocycles. The van der Waals surface area contributed by atoms with Gasteiger partial charge in [0.25, 0.3) is 0 Å². The molecule has 2 aliphatic rings. The number of likely N-dealkylation sites (N-methyl/N-ethyl adjacent to an activating group) is 1. The highest BCUT2D eigenvalue weighted by molar-refractivity contribution is 5.33. The van der Waals surface area contributed by atoms with Gasteiger partial charge in [-0.3, -0.25) is 9.80 Å². The Bertz CT molecular complexity index is 560. The van der Waals surface area contributed by atoms with Crippen LogP contribution in [0.4, 0.5) is 0 Å². The van der Waals surface area contributed by atoms with Gasteiger partial charge in [-0.15, -0.1) is 0 Å². The van der Waals surface area contributed by atoms with E-state index in [9.17, 15) is 5.11 Å². The minimum atomic E-state index is -0.590. The zero-order chi connectivity index (χ0) is 18.4. The van der Waals surface area contributed by atoms with Gasteiger partial charge in [0.05, 0.1) is 5.60 Å². The normalized spacial score (nSPS) is 25.1. The molecule has 0 aromatic heterocycles. The Morgan fingerprint density at radius 1 is 1.08 bits per heavy atom. The molecule has 2 saturated heterocycles. The van der Waals surface area contributed by atoms with Gasteiger partial charge < -0.3 is 14.7 Å². The van der Waals surface area contributed by atoms with E-state index in [1.54, 1.807) is 0 Å². The van der Waals surface area contributed by atoms with Crippen molar-refractivity contribution < 1.29 is 9.84 Å². The Balaban J connectivity index is 1.51. The van der Waals surface area contributed by atoms with Crippen molar-refractivity contribution in [2.24, 2.45) is 0 Å². The standard InChI is InChI=1S/C21H35N3O2/c1-22(2)17-21(25)10-13-24(18-21)16-19-8-4-5-9-20(19)26-15-14-23-11-6-3-7-12-23/h4-5,8-9,25H,3,6-7,10-18H2,1-2H3. The molecule has 5 nitrogen and oxygen atoms in total. The zero-order valence-electron chi connectivity index (χ0n) is 16.5. The van der Waals surface area contributed by atoms with Gasteiger partial charge in [0.1, 0.15) is 12.4 Å². The van der Waals surface area contributed by atoms with Crippen molar-refractivity contribution in [2.75, 3.05) is 60.0 Å². The SMILES string of the molecule is CN(C)CC1(O)CCN(Cc2ccccc2OCCN2CCCCC2)C1. The molecule has 0 saturated carbocycles. The van der Waals surface area contributed by atoms with Crippen LogP contribution in [0, 0.1) is 0 Å². The van der Waals surface area contributed by atoms with Crippen LogP contribution in [-0.4, -0.2) is 85.4 Å². The molecule has 0 bridgehead atoms. The molecule has 5 heteroatoms. The molecule has 3 rings (SSSR count). The van der Waals surface area contributed by atoms with Gasteiger partial charge >= 0.3 is 0 Å². The maximum atomic E-state index is 10.7. The van der Waals surface area contributed by atoms with Crippen LogP contribution in [0.25, 0.3) is 0 Å². The van der Waals surface area contributed by atoms with Crippen LogP contribution in [0.2, 0.25) is 0 Å². The summed E-state index contributed by atoms with van der Waals surface area (Å²) < 4.78 is 6.13. The van der Waals surface area contributed by atoms with Gasteiger partial charge in [-0.1, -0.05) is 24.6 Å². The number of β-amino-alcohol motifs (C(OH)–C–C–N with tert-alkyl or cyclic N) is 1. The van der Waals surface area contributed by atoms with Crippen molar-refractivity contribution in [1.82, 2.24) is 14.7 Å². The molecule has 2 heterocycles. The van der Waals surface area contributed by atoms with Crippen molar-refractivity contribution in [3.63, 3.8) is 0 Å². The van der Waals surface area contributed by atoms with Crippen LogP contribution in [0.3, 0.4) is 0 Å². The van der Waals surface area contributed by atoms with Crippen LogP contribution in [0.1, 0.15) is 31.2 Å². The number of aliphatic hydroxyl groups is 1. The van der Waals surface area contributed by atoms with E-state index in [1.807, 2.05) is 20.2 Å². The first-order chi connectivity index (χ1) is 12.5. The average Bonchev–Trinajstić information content (AvgIpc) is 2.97. The minimum Gasteiger partial charge on any atom is -0.492 e. The highest BCUT2D eigenvalue weighted by atomic mass is 16.5. The molecule has 0 aliphatic carbocycles. The van der Waals surface area contributed by atoms with E-state index in [4.69, 9.17) is 4.74 Å². The van der Waals surface area contributed by atoms with E-state index in [-0.39, 0.29) is 0 Å². The largest absolute Gasteiger partial charge is 0.492 e. The Kier molecular flexibility index (Phi) is 6.92. The number of piperidine rings is 1. The van der Waals surface area contributed by atoms with Gasteiger partial charge in [0.15, 0.2) is 0 Å². The topological polar surface area (TPSA) is 39.2 Å². The number of rotatable bonds is 8. The summed E-state index contributed by atoms with van der Waals surface area (Å²) in [4.78, 5) is 6.92. The van der Waals surface area contributed by atoms with Gasteiger partial charge in [0.2, 0.25) is 0 Å². The molecule has 1 N–H and O–H groups in total. The highest BCUT2D eigenvalue weighted by Gasteiger charge is 2.36. The fraction of sp³-hybridized carbons (Fsp3) is 0.714. The molecule has 1 atom stereocenters. The van der Waals surface area contributed by atoms with E-state index in [0.29, 0.717) is 0 Å². The third-order valence-electron chi connectivity index (χ3n) is 5.50. The summed E-state index contributed by atoms with van der Waals surface area (Å²) in [6.45, 7) is 7.42. The van der Waals surface area contributed by atoms with Crippen molar-refractivity contribution in [3.05, 3.63) is 29.8 Å². The number of hydrogen-bond donors (Lipinski definition) is 1. The molecular formula is C21H35N3O2. The first kappa shape index (κ1) is 19.6. The quantitative estimate of drug-likeness (QED) is 0.767. The van der Waals surface area contributed by atoms with Crippen LogP contribution in [0.5, 0.6) is 5.75 Å². The third kappa shape index (κ3) is 5.68. The van der Waals surface area contributed by atoms with Crippen LogP contribution in [0.15, 0.2) is 24.3 Å². The molecule has 0 amide bonds. The van der Waals surface area contributed by atoms with E-state index in [0.717, 1.165) is 51.5 Å². The smallest absolute Gasteiger partial charge is 0.123 e. The fourth-order valence-corrected chi connectivity index (χ4v) is 4.28. The van der Waals surface area contributed by atoms with Crippen LogP contribution < -0.4 is 4.74 Å². The van der Waals surface area contributed by atoms with Crippen molar-refractivity contribution in [3.8, 4) is 5.75 Å². The Labute approximate surface area is 158 Å². The minimum absolute atomic E-state index is 0.590. The Morgan fingerprint density at radius 2 is 1.85 bits per heavy atom. The second kappa shape index (κ2) is 9.18. The lowest BCUT2D eigenvalue weighted by Gasteiger charge is -2.27. The number of hydrogen-bond acceptors (Lipinski definition) is 5. The number of ether oxygens (including phenoxy) is 1. The summed E-state index contributed by atoms with van der Waals surface area (Å²) >= 11 is 0. The maximum Gasteiger partial charge on any atom is 0.123 e. The van der Waals surface area contributed by atoms with Crippen molar-refractivity contribution >= 4 is 0 Å². The molecule has 1 aromatic rings. The van der Waals surface area contributed by atoms with Crippen LogP contribution >= 0.6 is 0 Å². The van der Waals surface area contributed by atoms with Crippen LogP contribution in [-0.2, 0) is 6.54 Å². The fourth-order valence-electron chi connectivity index (χ4n) is 4.28. The molecule has 146 valence electrons. The number of nitrogens with zero attached hydrogens (tertiary/aromatic N) is 3. The number of likely N-dealkylation sites (tertiary alicyclic amines) is 2. The number of benzene rings is 1. The molecule has 0 spiro atoms. The molecule has 1 aromatic carbocycles. The third-order valence-corrected chi connectivity index (χ3v) is 5.50. The highest BCUT2D eigenvalue weighted by Crippen LogP contribution is 2.26. The lowest BCUT2D eigenvalue weighted by Crippen LogP contribution is -2.42. The van der Waals surface area contributed by atoms with Crippen molar-refractivity contribution in [1.29, 1.82) is 0 Å². The van der Waals surface area contributed by atoms with E-state index < -0.39 is 5.60 Å². The lowest BCUT2D eigenvalue weighted by molar-refractivity contribution is 0.0239. The Hall–Kier alpha value is -1.14. The second-order valence-electron chi connectivity index (χ2n) is 8.28. The first-order valence-corrected chi connectivity index (χ1v) is 10.1. The molecule has 2 fully saturated rings. The van der Waals surface area contributed by atoms with Gasteiger partial charge in [0, 0.05) is 38.3 Å². The summed E-state index contributed by atoms with van der Waals surface area (Å²) in [6, 6.07) is 8.36. The van der Waals surface area contributed by atoms with E-state index in [1.165, 1.54) is 37.9 Å². The summed E-state index contributed by atoms with van der Waals surface area (Å²) in [5.41, 5.74) is 0.633. The van der Waals surface area contributed by atoms with Gasteiger partial charge in [-0.25, -0.2) is 0 Å². The Morgan fingerprint density at radius 3 is 2.62 bits per heavy atom.